The number of nitrogens with zero attached hydrogens (tertiary/aromatic N) is 10. The average molecular weight is 1770 g/mol. The molecule has 0 bridgehead atoms. The summed E-state index contributed by atoms with van der Waals surface area (Å²) in [6.45, 7) is 0. The molecule has 9 aromatic carbocycles. The van der Waals surface area contributed by atoms with Gasteiger partial charge in [0.05, 0.1) is 52.1 Å². The molecule has 0 aliphatic rings. The second kappa shape index (κ2) is 38.7. The standard InChI is InChI=1S/C52H34Cl2N14O26S8.8Na/c53-47-59-49(63-51(61-47)57-33-19-25(95(71,72)73)15-21-17-37(99(83,84)85)41(43(69)39(21)33)67-65-31-13-11-27-29(45(31)101(89,90)91)3-1-5-35(27)97(77,78)79)55-23-7-9-24(10-8-23)56-50-60-48(54)62-52(64-50)58-34-20-26(96(74,75)76)16-22-18-38(100(86,87)88)42(44(70)40(22)34)68-66-32-14-12-28-30(46(32)102(92,93)94)4-2-6-36(28)98(80,81)82;;;;;;;;/h1-20,69-70H,(H,71,72,73)(H,74,75,76)(H,77,78,79)(H,80,81,82)(H,83,84,85)(H,86,87,88)(H,89,90,91)(H,92,93,94)(H2,55,57,59,61,63)(H2,56,58,60,62,64);;;;;;;;/q;8*+1/p-8. The van der Waals surface area contributed by atoms with Gasteiger partial charge in [-0.05, 0) is 119 Å². The van der Waals surface area contributed by atoms with Gasteiger partial charge in [0.1, 0.15) is 81.9 Å². The summed E-state index contributed by atoms with van der Waals surface area (Å²) in [5.41, 5.74) is -7.39. The smallest absolute Gasteiger partial charge is 0.870 e. The zero-order valence-electron chi connectivity index (χ0n) is 56.7. The van der Waals surface area contributed by atoms with Gasteiger partial charge < -0.3 is 48.2 Å². The van der Waals surface area contributed by atoms with Gasteiger partial charge in [-0.2, -0.15) is 36.8 Å². The molecule has 110 heavy (non-hydrogen) atoms. The third-order valence-electron chi connectivity index (χ3n) is 13.9. The Labute approximate surface area is 806 Å². The molecule has 0 radical (unpaired) electrons. The zero-order valence-corrected chi connectivity index (χ0v) is 80.8. The minimum absolute atomic E-state index is 0. The van der Waals surface area contributed by atoms with Crippen LogP contribution in [0.15, 0.2) is 191 Å². The normalized spacial score (nSPS) is 12.6. The van der Waals surface area contributed by atoms with E-state index in [-0.39, 0.29) is 248 Å². The van der Waals surface area contributed by atoms with Crippen LogP contribution in [0, 0.1) is 0 Å². The van der Waals surface area contributed by atoms with Gasteiger partial charge in [-0.3, -0.25) is 19.1 Å². The molecule has 11 aromatic rings. The van der Waals surface area contributed by atoms with E-state index in [1.54, 1.807) is 0 Å². The Morgan fingerprint density at radius 2 is 0.682 bits per heavy atom. The molecule has 530 valence electrons. The minimum Gasteiger partial charge on any atom is -0.870 e. The predicted molar refractivity (Wildman–Crippen MR) is 337 cm³/mol. The van der Waals surface area contributed by atoms with Crippen molar-refractivity contribution in [1.29, 1.82) is 0 Å². The molecule has 58 heteroatoms. The fourth-order valence-corrected chi connectivity index (χ4v) is 15.6. The maximum atomic E-state index is 14.4. The summed E-state index contributed by atoms with van der Waals surface area (Å²) in [6, 6.07) is 16.5. The molecule has 2 heterocycles. The molecule has 0 spiro atoms. The number of azo groups is 2. The number of nitrogens with one attached hydrogen (secondary N) is 4. The van der Waals surface area contributed by atoms with E-state index in [9.17, 15) is 114 Å². The van der Waals surface area contributed by atoms with Crippen LogP contribution in [0.5, 0.6) is 11.5 Å². The summed E-state index contributed by atoms with van der Waals surface area (Å²) < 4.78 is 294. The molecular formula is C52H26Cl2N14Na8O26S8. The third-order valence-corrected chi connectivity index (χ3v) is 21.2. The number of fused-ring (bicyclic) bond motifs is 4. The second-order valence-electron chi connectivity index (χ2n) is 20.4. The van der Waals surface area contributed by atoms with E-state index in [0.717, 1.165) is 48.5 Å². The molecule has 0 saturated heterocycles. The number of benzene rings is 9. The van der Waals surface area contributed by atoms with Gasteiger partial charge in [0.2, 0.25) is 33.7 Å². The second-order valence-corrected chi connectivity index (χ2v) is 32.0. The number of hydrogen-bond donors (Lipinski definition) is 6. The molecule has 6 N–H and O–H groups in total. The van der Waals surface area contributed by atoms with Crippen molar-refractivity contribution < 1.29 is 350 Å². The number of anilines is 4. The van der Waals surface area contributed by atoms with Crippen molar-refractivity contribution in [3.63, 3.8) is 0 Å². The van der Waals surface area contributed by atoms with Crippen molar-refractivity contribution in [3.8, 4) is 11.5 Å². The molecule has 0 aliphatic carbocycles. The van der Waals surface area contributed by atoms with E-state index in [2.05, 4.69) is 71.0 Å². The van der Waals surface area contributed by atoms with Crippen molar-refractivity contribution in [2.75, 3.05) is 10.6 Å². The summed E-state index contributed by atoms with van der Waals surface area (Å²) in [4.78, 5) is 19.5. The Balaban J connectivity index is 0.00000392. The molecule has 0 fully saturated rings. The van der Waals surface area contributed by atoms with Crippen LogP contribution < -0.4 is 269 Å². The Kier molecular flexibility index (Phi) is 36.0. The zero-order chi connectivity index (χ0) is 74.5. The first-order chi connectivity index (χ1) is 47.2. The number of H-pyrrole nitrogens is 2. The van der Waals surface area contributed by atoms with Gasteiger partial charge in [0.15, 0.2) is 0 Å². The van der Waals surface area contributed by atoms with Crippen LogP contribution in [0.4, 0.5) is 57.4 Å². The van der Waals surface area contributed by atoms with Crippen molar-refractivity contribution in [3.05, 3.63) is 143 Å². The van der Waals surface area contributed by atoms with E-state index < -0.39 is 243 Å². The largest absolute Gasteiger partial charge is 1.00 e. The van der Waals surface area contributed by atoms with Gasteiger partial charge in [0.25, 0.3) is 20.2 Å². The number of hydrogen-bond acceptors (Lipinski definition) is 36. The molecule has 40 nitrogen and oxygen atoms in total. The Morgan fingerprint density at radius 3 is 0.973 bits per heavy atom. The van der Waals surface area contributed by atoms with Crippen LogP contribution >= 0.6 is 23.2 Å². The minimum atomic E-state index is -5.87. The van der Waals surface area contributed by atoms with Crippen molar-refractivity contribution >= 4 is 205 Å². The Hall–Kier alpha value is -2.10. The first-order valence-electron chi connectivity index (χ1n) is 26.5. The summed E-state index contributed by atoms with van der Waals surface area (Å²) in [7, 11) is -44.4. The molecule has 0 saturated carbocycles. The van der Waals surface area contributed by atoms with Gasteiger partial charge >= 0.3 is 236 Å². The fraction of sp³-hybridized carbons (Fsp3) is 0. The topological polar surface area (TPSA) is 679 Å². The van der Waals surface area contributed by atoms with E-state index >= 15 is 0 Å². The van der Waals surface area contributed by atoms with Gasteiger partial charge in [-0.15, -0.1) is 20.5 Å². The Bertz CT molecular complexity index is 6390. The number of aromatic amines is 2. The fourth-order valence-electron chi connectivity index (χ4n) is 9.88. The monoisotopic (exact) mass is 1770 g/mol. The first kappa shape index (κ1) is 102. The van der Waals surface area contributed by atoms with Crippen LogP contribution in [0.3, 0.4) is 0 Å². The number of rotatable bonds is 18. The van der Waals surface area contributed by atoms with E-state index in [1.807, 2.05) is 0 Å². The van der Waals surface area contributed by atoms with Crippen LogP contribution in [-0.4, -0.2) is 134 Å². The Morgan fingerprint density at radius 1 is 0.364 bits per heavy atom. The predicted octanol–water partition coefficient (Wildman–Crippen LogP) is -19.3. The van der Waals surface area contributed by atoms with Gasteiger partial charge in [-0.25, -0.2) is 60.5 Å². The van der Waals surface area contributed by atoms with Crippen molar-refractivity contribution in [2.45, 2.75) is 39.2 Å². The van der Waals surface area contributed by atoms with Crippen LogP contribution in [-0.2, 0) is 80.9 Å². The average Bonchev–Trinajstić information content (AvgIpc) is 0.758. The molecule has 0 aliphatic heterocycles. The molecule has 0 atom stereocenters. The SMILES string of the molecule is O=S(=O)([O-])c1cc(N=c2nc(Nc3ccc(Nc4nc(Cl)[nH]c(=Nc5cc(S(=O)(=O)[O-])cc6cc(S(=O)(=O)[O-])c(N=Nc7ccc8c(S(=O)(=O)[O-])cccc8c7S(=O)(=O)O)c([O-])c56)n4)cc3)nc(Cl)[nH]2)c2c([O-])c(N=Nc3ccc4c(S(=O)(=O)[O-])cccc4c3S(=O)(=O)O)c(S(=O)(=O)[O-])cc2c1.[Na+].[Na+].[Na+].[Na+].[Na+].[Na+].[Na+].[Na+]. The maximum Gasteiger partial charge on any atom is 1.00 e. The quantitative estimate of drug-likeness (QED) is 0.0264. The van der Waals surface area contributed by atoms with E-state index in [4.69, 9.17) is 23.2 Å². The summed E-state index contributed by atoms with van der Waals surface area (Å²) in [5.74, 6) is -4.09. The summed E-state index contributed by atoms with van der Waals surface area (Å²) in [6.07, 6.45) is 0. The number of aromatic nitrogens is 6. The van der Waals surface area contributed by atoms with E-state index in [0.29, 0.717) is 48.5 Å². The van der Waals surface area contributed by atoms with Crippen molar-refractivity contribution in [1.82, 2.24) is 29.9 Å². The summed E-state index contributed by atoms with van der Waals surface area (Å²) in [5, 5.41) is 41.9. The third kappa shape index (κ3) is 23.2. The summed E-state index contributed by atoms with van der Waals surface area (Å²) >= 11 is 12.5. The van der Waals surface area contributed by atoms with Gasteiger partial charge in [-0.1, -0.05) is 47.9 Å². The van der Waals surface area contributed by atoms with Crippen molar-refractivity contribution in [2.24, 2.45) is 30.4 Å². The van der Waals surface area contributed by atoms with Crippen LogP contribution in [0.1, 0.15) is 0 Å². The number of halogens is 2. The van der Waals surface area contributed by atoms with Crippen LogP contribution in [0.25, 0.3) is 43.1 Å². The van der Waals surface area contributed by atoms with Crippen LogP contribution in [0.2, 0.25) is 10.6 Å². The molecule has 2 aromatic heterocycles. The maximum absolute atomic E-state index is 14.4. The van der Waals surface area contributed by atoms with Gasteiger partial charge in [0, 0.05) is 43.7 Å². The van der Waals surface area contributed by atoms with E-state index in [1.165, 1.54) is 24.3 Å². The molecular weight excluding hydrogens is 1750 g/mol. The molecule has 0 amide bonds. The molecule has 11 rings (SSSR count). The first-order valence-corrected chi connectivity index (χ1v) is 38.6. The molecule has 0 unspecified atom stereocenters.